The molecule has 0 atom stereocenters. The van der Waals surface area contributed by atoms with Gasteiger partial charge in [-0.25, -0.2) is 44.4 Å². The van der Waals surface area contributed by atoms with Crippen molar-refractivity contribution in [2.45, 2.75) is 36.5 Å². The third kappa shape index (κ3) is 10.4. The molecule has 2 aliphatic rings. The number of hydrogen-bond acceptors (Lipinski definition) is 10. The van der Waals surface area contributed by atoms with Crippen LogP contribution in [0.25, 0.3) is 0 Å². The summed E-state index contributed by atoms with van der Waals surface area (Å²) in [6.07, 6.45) is 0.752. The number of piperazine rings is 2. The number of halogens is 4. The quantitative estimate of drug-likeness (QED) is 0.129. The molecule has 2 fully saturated rings. The van der Waals surface area contributed by atoms with Crippen molar-refractivity contribution in [2.75, 3.05) is 62.2 Å². The highest BCUT2D eigenvalue weighted by Crippen LogP contribution is 2.28. The zero-order valence-electron chi connectivity index (χ0n) is 32.8. The fourth-order valence-corrected chi connectivity index (χ4v) is 11.4. The second-order valence-corrected chi connectivity index (χ2v) is 20.1. The molecule has 0 saturated carbocycles. The van der Waals surface area contributed by atoms with Crippen LogP contribution in [-0.4, -0.2) is 87.8 Å². The van der Waals surface area contributed by atoms with E-state index in [-0.39, 0.29) is 0 Å². The normalized spacial score (nSPS) is 15.5. The number of sulfonamides is 2. The van der Waals surface area contributed by atoms with Gasteiger partial charge < -0.3 is 9.80 Å². The van der Waals surface area contributed by atoms with Gasteiger partial charge in [0.15, 0.2) is 21.9 Å². The largest absolute Gasteiger partial charge is 0.345 e. The van der Waals surface area contributed by atoms with Crippen LogP contribution in [0.1, 0.15) is 33.6 Å². The predicted octanol–water partition coefficient (Wildman–Crippen LogP) is 7.66. The molecule has 0 spiro atoms. The maximum Gasteiger partial charge on any atom is 0.243 e. The van der Waals surface area contributed by atoms with Crippen molar-refractivity contribution < 1.29 is 34.4 Å². The molecule has 60 heavy (non-hydrogen) atoms. The Morgan fingerprint density at radius 2 is 0.933 bits per heavy atom. The summed E-state index contributed by atoms with van der Waals surface area (Å²) >= 11 is 2.92. The number of thiazole rings is 2. The molecule has 0 unspecified atom stereocenters. The second kappa shape index (κ2) is 18.5. The summed E-state index contributed by atoms with van der Waals surface area (Å²) in [4.78, 5) is 13.9. The van der Waals surface area contributed by atoms with Crippen LogP contribution in [0.3, 0.4) is 0 Å². The van der Waals surface area contributed by atoms with Crippen molar-refractivity contribution in [2.24, 2.45) is 0 Å². The van der Waals surface area contributed by atoms with E-state index < -0.39 is 43.3 Å². The molecule has 316 valence electrons. The SMILES string of the molecule is Cc1ccc(S(=O)(=O)N2CCN(c3nc(Cc4cc(F)cc(F)c4)cs3)CC2)cc1.Cc1ccc(S(=O)(=O)N2CCN(c3nc(Cc4ccc(F)c(F)c4)cs3)CC2)cc1. The predicted molar refractivity (Wildman–Crippen MR) is 227 cm³/mol. The Morgan fingerprint density at radius 1 is 0.517 bits per heavy atom. The minimum absolute atomic E-state index is 0.306. The zero-order chi connectivity index (χ0) is 42.6. The van der Waals surface area contributed by atoms with Gasteiger partial charge in [-0.2, -0.15) is 8.61 Å². The standard InChI is InChI=1S/2C21H21F2N3O2S2/c1-15-2-5-18(6-3-15)30(27,28)26-10-8-25(9-11-26)21-24-17(14-29-21)12-16-4-7-19(22)20(23)13-16;1-15-2-4-20(5-3-15)30(27,28)26-8-6-25(7-9-26)21-24-19(14-29-21)12-16-10-17(22)13-18(23)11-16/h2-7,13-14H,8-12H2,1H3;2-5,10-11,13-14H,6-9,12H2,1H3. The first kappa shape index (κ1) is 43.4. The minimum Gasteiger partial charge on any atom is -0.345 e. The fraction of sp³-hybridized carbons (Fsp3) is 0.286. The summed E-state index contributed by atoms with van der Waals surface area (Å²) in [7, 11) is -7.01. The van der Waals surface area contributed by atoms with Crippen LogP contribution in [-0.2, 0) is 32.9 Å². The average Bonchev–Trinajstić information content (AvgIpc) is 3.90. The Labute approximate surface area is 355 Å². The summed E-state index contributed by atoms with van der Waals surface area (Å²) in [5.41, 5.74) is 4.71. The summed E-state index contributed by atoms with van der Waals surface area (Å²) in [6.45, 7) is 7.51. The molecule has 10 nitrogen and oxygen atoms in total. The van der Waals surface area contributed by atoms with Crippen LogP contribution in [0.4, 0.5) is 27.8 Å². The van der Waals surface area contributed by atoms with Crippen LogP contribution >= 0.6 is 22.7 Å². The lowest BCUT2D eigenvalue weighted by Crippen LogP contribution is -2.48. The first-order valence-corrected chi connectivity index (χ1v) is 23.7. The Bertz CT molecular complexity index is 2620. The van der Waals surface area contributed by atoms with E-state index in [2.05, 4.69) is 14.9 Å². The molecular formula is C42H42F4N6O4S4. The van der Waals surface area contributed by atoms with E-state index >= 15 is 0 Å². The lowest BCUT2D eigenvalue weighted by molar-refractivity contribution is 0.384. The Balaban J connectivity index is 0.000000181. The minimum atomic E-state index is -3.51. The van der Waals surface area contributed by atoms with Crippen LogP contribution < -0.4 is 9.80 Å². The van der Waals surface area contributed by atoms with Crippen molar-refractivity contribution in [3.05, 3.63) is 153 Å². The molecule has 0 amide bonds. The van der Waals surface area contributed by atoms with E-state index in [1.807, 2.05) is 29.5 Å². The highest BCUT2D eigenvalue weighted by molar-refractivity contribution is 7.89. The van der Waals surface area contributed by atoms with E-state index in [4.69, 9.17) is 0 Å². The molecule has 0 radical (unpaired) electrons. The maximum atomic E-state index is 13.4. The zero-order valence-corrected chi connectivity index (χ0v) is 36.0. The van der Waals surface area contributed by atoms with Gasteiger partial charge in [-0.05, 0) is 73.5 Å². The number of rotatable bonds is 10. The summed E-state index contributed by atoms with van der Waals surface area (Å²) in [5, 5.41) is 5.36. The number of hydrogen-bond donors (Lipinski definition) is 0. The van der Waals surface area contributed by atoms with E-state index in [0.29, 0.717) is 86.1 Å². The molecule has 2 aliphatic heterocycles. The van der Waals surface area contributed by atoms with Crippen LogP contribution in [0.5, 0.6) is 0 Å². The summed E-state index contributed by atoms with van der Waals surface area (Å²) in [6, 6.07) is 21.0. The maximum absolute atomic E-state index is 13.4. The average molecular weight is 899 g/mol. The molecule has 4 aromatic carbocycles. The van der Waals surface area contributed by atoms with Crippen molar-refractivity contribution in [1.82, 2.24) is 18.6 Å². The molecule has 2 saturated heterocycles. The van der Waals surface area contributed by atoms with Crippen LogP contribution in [0, 0.1) is 37.1 Å². The molecule has 0 bridgehead atoms. The van der Waals surface area contributed by atoms with Gasteiger partial charge >= 0.3 is 0 Å². The first-order valence-electron chi connectivity index (χ1n) is 19.1. The molecule has 0 N–H and O–H groups in total. The number of nitrogens with zero attached hydrogens (tertiary/aromatic N) is 6. The van der Waals surface area contributed by atoms with Crippen molar-refractivity contribution in [3.8, 4) is 0 Å². The molecular weight excluding hydrogens is 857 g/mol. The Morgan fingerprint density at radius 3 is 1.35 bits per heavy atom. The van der Waals surface area contributed by atoms with Crippen LogP contribution in [0.15, 0.2) is 105 Å². The smallest absolute Gasteiger partial charge is 0.243 e. The monoisotopic (exact) mass is 898 g/mol. The topological polar surface area (TPSA) is 107 Å². The van der Waals surface area contributed by atoms with Gasteiger partial charge in [0.1, 0.15) is 11.6 Å². The number of benzene rings is 4. The Hall–Kier alpha value is -4.72. The number of anilines is 2. The fourth-order valence-electron chi connectivity index (χ4n) is 6.78. The van der Waals surface area contributed by atoms with Crippen molar-refractivity contribution in [1.29, 1.82) is 0 Å². The molecule has 4 heterocycles. The summed E-state index contributed by atoms with van der Waals surface area (Å²) in [5.74, 6) is -2.94. The lowest BCUT2D eigenvalue weighted by Gasteiger charge is -2.33. The molecule has 2 aromatic heterocycles. The van der Waals surface area contributed by atoms with Gasteiger partial charge in [-0.15, -0.1) is 22.7 Å². The van der Waals surface area contributed by atoms with E-state index in [1.54, 1.807) is 54.6 Å². The molecule has 6 aromatic rings. The van der Waals surface area contributed by atoms with Gasteiger partial charge in [0.2, 0.25) is 20.0 Å². The van der Waals surface area contributed by atoms with Crippen molar-refractivity contribution >= 4 is 53.0 Å². The highest BCUT2D eigenvalue weighted by Gasteiger charge is 2.31. The van der Waals surface area contributed by atoms with Gasteiger partial charge in [-0.1, -0.05) is 41.5 Å². The highest BCUT2D eigenvalue weighted by atomic mass is 32.2. The van der Waals surface area contributed by atoms with Gasteiger partial charge in [0, 0.05) is 82.0 Å². The number of aryl methyl sites for hydroxylation is 2. The summed E-state index contributed by atoms with van der Waals surface area (Å²) < 4.78 is 108. The van der Waals surface area contributed by atoms with E-state index in [0.717, 1.165) is 44.9 Å². The first-order chi connectivity index (χ1) is 28.6. The molecule has 18 heteroatoms. The van der Waals surface area contributed by atoms with E-state index in [1.165, 1.54) is 49.5 Å². The third-order valence-electron chi connectivity index (χ3n) is 10.1. The van der Waals surface area contributed by atoms with Gasteiger partial charge in [0.05, 0.1) is 21.2 Å². The third-order valence-corrected chi connectivity index (χ3v) is 15.8. The van der Waals surface area contributed by atoms with E-state index in [9.17, 15) is 34.4 Å². The van der Waals surface area contributed by atoms with Gasteiger partial charge in [-0.3, -0.25) is 0 Å². The molecule has 8 rings (SSSR count). The van der Waals surface area contributed by atoms with Crippen molar-refractivity contribution in [3.63, 3.8) is 0 Å². The van der Waals surface area contributed by atoms with Gasteiger partial charge in [0.25, 0.3) is 0 Å². The van der Waals surface area contributed by atoms with Crippen LogP contribution in [0.2, 0.25) is 0 Å². The lowest BCUT2D eigenvalue weighted by atomic mass is 10.1. The second-order valence-electron chi connectivity index (χ2n) is 14.5. The Kier molecular flexibility index (Phi) is 13.4. The number of aromatic nitrogens is 2. The molecule has 0 aliphatic carbocycles.